The highest BCUT2D eigenvalue weighted by Gasteiger charge is 2.29. The molecule has 0 aliphatic heterocycles. The van der Waals surface area contributed by atoms with E-state index in [2.05, 4.69) is 0 Å². The first-order chi connectivity index (χ1) is 11.4. The second kappa shape index (κ2) is 9.26. The highest BCUT2D eigenvalue weighted by molar-refractivity contribution is 6.09. The fourth-order valence-corrected chi connectivity index (χ4v) is 2.84. The summed E-state index contributed by atoms with van der Waals surface area (Å²) in [4.78, 5) is 48.9. The molecule has 1 aromatic carbocycles. The van der Waals surface area contributed by atoms with Gasteiger partial charge >= 0.3 is 0 Å². The molecular formula is C20H26O4. The molecule has 24 heavy (non-hydrogen) atoms. The third-order valence-corrected chi connectivity index (χ3v) is 4.26. The second-order valence-electron chi connectivity index (χ2n) is 5.82. The third kappa shape index (κ3) is 4.47. The Kier molecular flexibility index (Phi) is 7.69. The van der Waals surface area contributed by atoms with E-state index < -0.39 is 11.8 Å². The van der Waals surface area contributed by atoms with Gasteiger partial charge in [0.1, 0.15) is 35.0 Å². The molecule has 0 bridgehead atoms. The van der Waals surface area contributed by atoms with Crippen molar-refractivity contribution in [2.24, 2.45) is 0 Å². The van der Waals surface area contributed by atoms with Crippen LogP contribution in [0.3, 0.4) is 0 Å². The molecule has 0 unspecified atom stereocenters. The summed E-state index contributed by atoms with van der Waals surface area (Å²) in [7, 11) is 0. The molecule has 1 aromatic rings. The molecule has 1 rings (SSSR count). The molecule has 0 aromatic heterocycles. The van der Waals surface area contributed by atoms with Crippen LogP contribution in [0.2, 0.25) is 0 Å². The minimum atomic E-state index is -0.811. The van der Waals surface area contributed by atoms with Crippen LogP contribution in [0.4, 0.5) is 0 Å². The Morgan fingerprint density at radius 3 is 1.21 bits per heavy atom. The zero-order valence-corrected chi connectivity index (χ0v) is 14.9. The molecule has 0 amide bonds. The van der Waals surface area contributed by atoms with E-state index in [1.807, 2.05) is 0 Å². The summed E-state index contributed by atoms with van der Waals surface area (Å²) in [5.74, 6) is -2.18. The smallest absolute Gasteiger partial charge is 0.147 e. The van der Waals surface area contributed by atoms with Crippen molar-refractivity contribution in [2.45, 2.75) is 65.2 Å². The van der Waals surface area contributed by atoms with Crippen LogP contribution in [-0.2, 0) is 19.2 Å². The number of hydrogen-bond acceptors (Lipinski definition) is 4. The van der Waals surface area contributed by atoms with Crippen LogP contribution in [0.5, 0.6) is 0 Å². The Labute approximate surface area is 143 Å². The first-order valence-corrected chi connectivity index (χ1v) is 8.61. The summed E-state index contributed by atoms with van der Waals surface area (Å²) < 4.78 is 0. The highest BCUT2D eigenvalue weighted by atomic mass is 16.2. The predicted molar refractivity (Wildman–Crippen MR) is 93.1 cm³/mol. The molecule has 4 heteroatoms. The minimum absolute atomic E-state index is 0.140. The third-order valence-electron chi connectivity index (χ3n) is 4.26. The Morgan fingerprint density at radius 2 is 0.958 bits per heavy atom. The molecule has 0 aliphatic carbocycles. The molecule has 0 heterocycles. The molecule has 0 atom stereocenters. The van der Waals surface area contributed by atoms with Crippen LogP contribution in [-0.4, -0.2) is 23.1 Å². The zero-order valence-electron chi connectivity index (χ0n) is 14.9. The normalized spacial score (nSPS) is 10.9. The average molecular weight is 330 g/mol. The van der Waals surface area contributed by atoms with Gasteiger partial charge in [0, 0.05) is 25.7 Å². The van der Waals surface area contributed by atoms with E-state index in [0.717, 1.165) is 0 Å². The lowest BCUT2D eigenvalue weighted by Gasteiger charge is -2.18. The topological polar surface area (TPSA) is 68.3 Å². The van der Waals surface area contributed by atoms with Crippen LogP contribution >= 0.6 is 0 Å². The van der Waals surface area contributed by atoms with E-state index in [-0.39, 0.29) is 48.8 Å². The van der Waals surface area contributed by atoms with E-state index in [1.165, 1.54) is 0 Å². The van der Waals surface area contributed by atoms with E-state index in [0.29, 0.717) is 11.1 Å². The summed E-state index contributed by atoms with van der Waals surface area (Å²) in [6.07, 6.45) is 1.08. The Balaban J connectivity index is 3.37. The standard InChI is InChI=1S/C20H26O4/c1-5-15(21)19(16(22)6-2)13-10-9-11-14(12-13)20(17(23)7-3)18(24)8-4/h9-12,19-20H,5-8H2,1-4H3. The van der Waals surface area contributed by atoms with Crippen molar-refractivity contribution < 1.29 is 19.2 Å². The van der Waals surface area contributed by atoms with Gasteiger partial charge in [-0.15, -0.1) is 0 Å². The molecule has 130 valence electrons. The van der Waals surface area contributed by atoms with Crippen molar-refractivity contribution in [3.05, 3.63) is 35.4 Å². The Bertz CT molecular complexity index is 547. The van der Waals surface area contributed by atoms with Gasteiger partial charge in [0.15, 0.2) is 0 Å². The number of benzene rings is 1. The molecular weight excluding hydrogens is 304 g/mol. The van der Waals surface area contributed by atoms with E-state index in [1.54, 1.807) is 52.0 Å². The van der Waals surface area contributed by atoms with Gasteiger partial charge in [-0.05, 0) is 11.1 Å². The van der Waals surface area contributed by atoms with Crippen LogP contribution in [0.25, 0.3) is 0 Å². The number of hydrogen-bond donors (Lipinski definition) is 0. The van der Waals surface area contributed by atoms with Crippen molar-refractivity contribution in [2.75, 3.05) is 0 Å². The van der Waals surface area contributed by atoms with Gasteiger partial charge in [0.2, 0.25) is 0 Å². The quantitative estimate of drug-likeness (QED) is 0.612. The van der Waals surface area contributed by atoms with Gasteiger partial charge in [-0.3, -0.25) is 19.2 Å². The van der Waals surface area contributed by atoms with Gasteiger partial charge in [-0.2, -0.15) is 0 Å². The monoisotopic (exact) mass is 330 g/mol. The van der Waals surface area contributed by atoms with Gasteiger partial charge in [-0.25, -0.2) is 0 Å². The summed E-state index contributed by atoms with van der Waals surface area (Å²) in [6, 6.07) is 6.83. The van der Waals surface area contributed by atoms with Gasteiger partial charge in [0.05, 0.1) is 0 Å². The van der Waals surface area contributed by atoms with Crippen LogP contribution in [0, 0.1) is 0 Å². The van der Waals surface area contributed by atoms with E-state index in [4.69, 9.17) is 0 Å². The minimum Gasteiger partial charge on any atom is -0.299 e. The van der Waals surface area contributed by atoms with Gasteiger partial charge in [0.25, 0.3) is 0 Å². The fourth-order valence-electron chi connectivity index (χ4n) is 2.84. The lowest BCUT2D eigenvalue weighted by molar-refractivity contribution is -0.130. The molecule has 0 aliphatic rings. The predicted octanol–water partition coefficient (Wildman–Crippen LogP) is 3.77. The molecule has 0 N–H and O–H groups in total. The van der Waals surface area contributed by atoms with Gasteiger partial charge in [-0.1, -0.05) is 52.0 Å². The maximum atomic E-state index is 12.2. The number of carbonyl (C=O) groups is 4. The van der Waals surface area contributed by atoms with Crippen molar-refractivity contribution in [3.8, 4) is 0 Å². The molecule has 0 saturated carbocycles. The second-order valence-corrected chi connectivity index (χ2v) is 5.82. The molecule has 4 nitrogen and oxygen atoms in total. The van der Waals surface area contributed by atoms with Crippen molar-refractivity contribution in [1.82, 2.24) is 0 Å². The van der Waals surface area contributed by atoms with Crippen LogP contribution in [0.1, 0.15) is 76.3 Å². The number of rotatable bonds is 10. The van der Waals surface area contributed by atoms with E-state index in [9.17, 15) is 19.2 Å². The highest BCUT2D eigenvalue weighted by Crippen LogP contribution is 2.27. The summed E-state index contributed by atoms with van der Waals surface area (Å²) in [5.41, 5.74) is 1.15. The first kappa shape index (κ1) is 19.9. The maximum absolute atomic E-state index is 12.2. The average Bonchev–Trinajstić information content (AvgIpc) is 2.61. The van der Waals surface area contributed by atoms with Crippen molar-refractivity contribution in [1.29, 1.82) is 0 Å². The lowest BCUT2D eigenvalue weighted by atomic mass is 9.83. The molecule has 0 radical (unpaired) electrons. The van der Waals surface area contributed by atoms with Crippen molar-refractivity contribution >= 4 is 23.1 Å². The van der Waals surface area contributed by atoms with Crippen LogP contribution in [0.15, 0.2) is 24.3 Å². The zero-order chi connectivity index (χ0) is 18.3. The van der Waals surface area contributed by atoms with Crippen LogP contribution < -0.4 is 0 Å². The van der Waals surface area contributed by atoms with Gasteiger partial charge < -0.3 is 0 Å². The fraction of sp³-hybridized carbons (Fsp3) is 0.500. The number of carbonyl (C=O) groups excluding carboxylic acids is 4. The summed E-state index contributed by atoms with van der Waals surface area (Å²) in [5, 5.41) is 0. The maximum Gasteiger partial charge on any atom is 0.147 e. The molecule has 0 fully saturated rings. The largest absolute Gasteiger partial charge is 0.299 e. The number of ketones is 4. The van der Waals surface area contributed by atoms with E-state index >= 15 is 0 Å². The molecule has 0 saturated heterocycles. The lowest BCUT2D eigenvalue weighted by Crippen LogP contribution is -2.23. The Morgan fingerprint density at radius 1 is 0.667 bits per heavy atom. The Hall–Kier alpha value is -2.10. The summed E-state index contributed by atoms with van der Waals surface area (Å²) >= 11 is 0. The van der Waals surface area contributed by atoms with Crippen molar-refractivity contribution in [3.63, 3.8) is 0 Å². The SMILES string of the molecule is CCC(=O)C(C(=O)CC)c1cccc(C(C(=O)CC)C(=O)CC)c1. The first-order valence-electron chi connectivity index (χ1n) is 8.61. The molecule has 0 spiro atoms. The number of Topliss-reactive ketones (excluding diaryl/α,β-unsaturated/α-hetero) is 4. The summed E-state index contributed by atoms with van der Waals surface area (Å²) in [6.45, 7) is 6.91.